The molecule has 162 valence electrons. The fourth-order valence-electron chi connectivity index (χ4n) is 3.76. The van der Waals surface area contributed by atoms with Crippen molar-refractivity contribution in [3.63, 3.8) is 0 Å². The van der Waals surface area contributed by atoms with Crippen LogP contribution in [0.15, 0.2) is 82.8 Å². The summed E-state index contributed by atoms with van der Waals surface area (Å²) in [6, 6.07) is 20.2. The number of carbonyl (C=O) groups is 2. The normalized spacial score (nSPS) is 17.6. The number of hydrogen-bond acceptors (Lipinski definition) is 4. The van der Waals surface area contributed by atoms with Gasteiger partial charge in [-0.3, -0.25) is 14.5 Å². The molecule has 5 nitrogen and oxygen atoms in total. The van der Waals surface area contributed by atoms with Crippen LogP contribution in [0.1, 0.15) is 24.1 Å². The second-order valence-electron chi connectivity index (χ2n) is 7.13. The number of rotatable bonds is 5. The zero-order chi connectivity index (χ0) is 22.8. The third kappa shape index (κ3) is 4.04. The van der Waals surface area contributed by atoms with Crippen molar-refractivity contribution in [1.29, 1.82) is 0 Å². The second kappa shape index (κ2) is 9.18. The quantitative estimate of drug-likeness (QED) is 0.254. The molecule has 1 heterocycles. The number of benzene rings is 3. The predicted octanol–water partition coefficient (Wildman–Crippen LogP) is 6.13. The maximum Gasteiger partial charge on any atom is 0.300 e. The number of nitrogens with zero attached hydrogens (tertiary/aromatic N) is 1. The zero-order valence-electron chi connectivity index (χ0n) is 17.1. The van der Waals surface area contributed by atoms with E-state index in [1.165, 1.54) is 4.90 Å². The van der Waals surface area contributed by atoms with E-state index in [9.17, 15) is 14.7 Å². The molecule has 3 aromatic carbocycles. The van der Waals surface area contributed by atoms with E-state index in [-0.39, 0.29) is 21.9 Å². The van der Waals surface area contributed by atoms with Crippen LogP contribution in [0.4, 0.5) is 5.69 Å². The van der Waals surface area contributed by atoms with Crippen molar-refractivity contribution < 1.29 is 19.4 Å². The first-order valence-electron chi connectivity index (χ1n) is 9.96. The molecule has 0 saturated carbocycles. The molecule has 1 unspecified atom stereocenters. The number of anilines is 1. The van der Waals surface area contributed by atoms with Gasteiger partial charge in [0.25, 0.3) is 11.7 Å². The Labute approximate surface area is 199 Å². The van der Waals surface area contributed by atoms with Gasteiger partial charge < -0.3 is 9.84 Å². The molecule has 1 N–H and O–H groups in total. The lowest BCUT2D eigenvalue weighted by Crippen LogP contribution is -2.29. The van der Waals surface area contributed by atoms with E-state index in [4.69, 9.17) is 16.3 Å². The summed E-state index contributed by atoms with van der Waals surface area (Å²) in [5.41, 5.74) is 1.41. The van der Waals surface area contributed by atoms with E-state index in [0.717, 1.165) is 4.47 Å². The lowest BCUT2D eigenvalue weighted by atomic mass is 9.95. The van der Waals surface area contributed by atoms with Gasteiger partial charge in [-0.05, 0) is 48.9 Å². The van der Waals surface area contributed by atoms with Gasteiger partial charge in [-0.25, -0.2) is 0 Å². The van der Waals surface area contributed by atoms with Crippen LogP contribution in [0.3, 0.4) is 0 Å². The minimum absolute atomic E-state index is 0.0308. The summed E-state index contributed by atoms with van der Waals surface area (Å²) in [5.74, 6) is -1.36. The van der Waals surface area contributed by atoms with Crippen LogP contribution >= 0.6 is 27.5 Å². The Bertz CT molecular complexity index is 1230. The molecular weight excluding hydrogens is 494 g/mol. The molecule has 1 aliphatic rings. The van der Waals surface area contributed by atoms with Crippen molar-refractivity contribution in [2.45, 2.75) is 13.0 Å². The highest BCUT2D eigenvalue weighted by Gasteiger charge is 2.47. The molecule has 0 aromatic heterocycles. The second-order valence-corrected chi connectivity index (χ2v) is 8.46. The minimum Gasteiger partial charge on any atom is -0.507 e. The summed E-state index contributed by atoms with van der Waals surface area (Å²) >= 11 is 9.77. The summed E-state index contributed by atoms with van der Waals surface area (Å²) < 4.78 is 6.28. The molecule has 1 aliphatic heterocycles. The molecule has 4 rings (SSSR count). The molecule has 3 aromatic rings. The molecular formula is C25H19BrClNO4. The maximum absolute atomic E-state index is 13.2. The van der Waals surface area contributed by atoms with Gasteiger partial charge in [-0.2, -0.15) is 0 Å². The molecule has 32 heavy (non-hydrogen) atoms. The SMILES string of the molecule is CCOc1ccc(Cl)c(/C(O)=C2\C(=O)C(=O)N(c3cccc(Br)c3)C2c2ccccc2)c1. The smallest absolute Gasteiger partial charge is 0.300 e. The molecule has 0 spiro atoms. The van der Waals surface area contributed by atoms with Gasteiger partial charge in [0.05, 0.1) is 23.2 Å². The highest BCUT2D eigenvalue weighted by Crippen LogP contribution is 2.43. The van der Waals surface area contributed by atoms with Crippen LogP contribution in [-0.2, 0) is 9.59 Å². The standard InChI is InChI=1S/C25H19BrClNO4/c1-2-32-18-11-12-20(27)19(14-18)23(29)21-22(15-7-4-3-5-8-15)28(25(31)24(21)30)17-10-6-9-16(26)13-17/h3-14,22,29H,2H2,1H3/b23-21+. The third-order valence-electron chi connectivity index (χ3n) is 5.15. The average molecular weight is 513 g/mol. The number of Topliss-reactive ketones (excluding diaryl/α,β-unsaturated/α-hetero) is 1. The Kier molecular flexibility index (Phi) is 6.35. The van der Waals surface area contributed by atoms with Crippen molar-refractivity contribution in [2.75, 3.05) is 11.5 Å². The molecule has 0 bridgehead atoms. The summed E-state index contributed by atoms with van der Waals surface area (Å²) in [7, 11) is 0. The Hall–Kier alpha value is -3.09. The van der Waals surface area contributed by atoms with Gasteiger partial charge >= 0.3 is 0 Å². The van der Waals surface area contributed by atoms with E-state index in [1.54, 1.807) is 36.4 Å². The average Bonchev–Trinajstić information content (AvgIpc) is 3.06. The topological polar surface area (TPSA) is 66.8 Å². The van der Waals surface area contributed by atoms with Crippen LogP contribution in [-0.4, -0.2) is 23.4 Å². The van der Waals surface area contributed by atoms with Crippen molar-refractivity contribution >= 4 is 50.7 Å². The van der Waals surface area contributed by atoms with E-state index in [2.05, 4.69) is 15.9 Å². The lowest BCUT2D eigenvalue weighted by molar-refractivity contribution is -0.132. The Balaban J connectivity index is 1.95. The monoisotopic (exact) mass is 511 g/mol. The Morgan fingerprint density at radius 1 is 1.06 bits per heavy atom. The van der Waals surface area contributed by atoms with Crippen LogP contribution in [0, 0.1) is 0 Å². The van der Waals surface area contributed by atoms with Gasteiger partial charge in [-0.15, -0.1) is 0 Å². The fourth-order valence-corrected chi connectivity index (χ4v) is 4.36. The molecule has 1 fully saturated rings. The molecule has 7 heteroatoms. The summed E-state index contributed by atoms with van der Waals surface area (Å²) in [5, 5.41) is 11.5. The molecule has 0 aliphatic carbocycles. The van der Waals surface area contributed by atoms with Crippen molar-refractivity contribution in [3.05, 3.63) is 99.0 Å². The van der Waals surface area contributed by atoms with Crippen LogP contribution in [0.2, 0.25) is 5.02 Å². The molecule has 1 amide bonds. The number of carbonyl (C=O) groups excluding carboxylic acids is 2. The highest BCUT2D eigenvalue weighted by atomic mass is 79.9. The number of ketones is 1. The third-order valence-corrected chi connectivity index (χ3v) is 5.97. The van der Waals surface area contributed by atoms with Gasteiger partial charge in [0.15, 0.2) is 0 Å². The number of aliphatic hydroxyl groups is 1. The number of hydrogen-bond donors (Lipinski definition) is 1. The van der Waals surface area contributed by atoms with Gasteiger partial charge in [0.1, 0.15) is 11.5 Å². The first-order chi connectivity index (χ1) is 15.4. The molecule has 1 saturated heterocycles. The molecule has 1 atom stereocenters. The van der Waals surface area contributed by atoms with E-state index in [0.29, 0.717) is 23.6 Å². The van der Waals surface area contributed by atoms with Crippen molar-refractivity contribution in [1.82, 2.24) is 0 Å². The summed E-state index contributed by atoms with van der Waals surface area (Å²) in [6.07, 6.45) is 0. The fraction of sp³-hybridized carbons (Fsp3) is 0.120. The number of amides is 1. The first-order valence-corrected chi connectivity index (χ1v) is 11.1. The molecule has 0 radical (unpaired) electrons. The predicted molar refractivity (Wildman–Crippen MR) is 128 cm³/mol. The van der Waals surface area contributed by atoms with Crippen LogP contribution < -0.4 is 9.64 Å². The number of halogens is 2. The number of aliphatic hydroxyl groups excluding tert-OH is 1. The lowest BCUT2D eigenvalue weighted by Gasteiger charge is -2.25. The number of ether oxygens (including phenoxy) is 1. The largest absolute Gasteiger partial charge is 0.507 e. The zero-order valence-corrected chi connectivity index (χ0v) is 19.4. The summed E-state index contributed by atoms with van der Waals surface area (Å²) in [6.45, 7) is 2.27. The first kappa shape index (κ1) is 22.1. The Morgan fingerprint density at radius 2 is 1.81 bits per heavy atom. The van der Waals surface area contributed by atoms with Crippen LogP contribution in [0.25, 0.3) is 5.76 Å². The van der Waals surface area contributed by atoms with Gasteiger partial charge in [0.2, 0.25) is 0 Å². The highest BCUT2D eigenvalue weighted by molar-refractivity contribution is 9.10. The Morgan fingerprint density at radius 3 is 2.50 bits per heavy atom. The van der Waals surface area contributed by atoms with Gasteiger partial charge in [0, 0.05) is 15.7 Å². The summed E-state index contributed by atoms with van der Waals surface area (Å²) in [4.78, 5) is 27.8. The maximum atomic E-state index is 13.2. The minimum atomic E-state index is -0.822. The van der Waals surface area contributed by atoms with E-state index < -0.39 is 17.7 Å². The van der Waals surface area contributed by atoms with E-state index >= 15 is 0 Å². The van der Waals surface area contributed by atoms with Gasteiger partial charge in [-0.1, -0.05) is 63.9 Å². The van der Waals surface area contributed by atoms with Crippen molar-refractivity contribution in [3.8, 4) is 5.75 Å². The van der Waals surface area contributed by atoms with Crippen molar-refractivity contribution in [2.24, 2.45) is 0 Å². The van der Waals surface area contributed by atoms with E-state index in [1.807, 2.05) is 43.3 Å². The van der Waals surface area contributed by atoms with Crippen LogP contribution in [0.5, 0.6) is 5.75 Å².